The lowest BCUT2D eigenvalue weighted by Crippen LogP contribution is -2.03. The van der Waals surface area contributed by atoms with E-state index in [9.17, 15) is 0 Å². The van der Waals surface area contributed by atoms with Gasteiger partial charge in [-0.1, -0.05) is 0 Å². The van der Waals surface area contributed by atoms with E-state index >= 15 is 0 Å². The van der Waals surface area contributed by atoms with Gasteiger partial charge in [-0.25, -0.2) is 0 Å². The molecule has 0 unspecified atom stereocenters. The fourth-order valence-electron chi connectivity index (χ4n) is 1.20. The van der Waals surface area contributed by atoms with E-state index in [1.54, 1.807) is 0 Å². The maximum Gasteiger partial charge on any atom is 0.0466 e. The molecular formula is C9H18O2. The van der Waals surface area contributed by atoms with Crippen LogP contribution in [0.2, 0.25) is 0 Å². The maximum atomic E-state index is 5.07. The highest BCUT2D eigenvalue weighted by atomic mass is 16.5. The molecule has 2 nitrogen and oxygen atoms in total. The summed E-state index contributed by atoms with van der Waals surface area (Å²) in [7, 11) is 0. The average Bonchev–Trinajstić information content (AvgIpc) is 2.64. The van der Waals surface area contributed by atoms with Crippen LogP contribution in [-0.2, 0) is 9.47 Å². The monoisotopic (exact) mass is 158 g/mol. The van der Waals surface area contributed by atoms with Crippen molar-refractivity contribution in [3.63, 3.8) is 0 Å². The van der Waals surface area contributed by atoms with Gasteiger partial charge in [0.2, 0.25) is 0 Å². The van der Waals surface area contributed by atoms with Crippen molar-refractivity contribution in [3.8, 4) is 0 Å². The number of hydrogen-bond donors (Lipinski definition) is 0. The molecule has 2 aliphatic rings. The average molecular weight is 158 g/mol. The zero-order valence-corrected chi connectivity index (χ0v) is 7.18. The van der Waals surface area contributed by atoms with Gasteiger partial charge in [0, 0.05) is 26.4 Å². The summed E-state index contributed by atoms with van der Waals surface area (Å²) in [6, 6.07) is 0. The van der Waals surface area contributed by atoms with Crippen LogP contribution in [0.15, 0.2) is 0 Å². The predicted molar refractivity (Wildman–Crippen MR) is 44.7 cm³/mol. The number of hydrogen-bond acceptors (Lipinski definition) is 2. The van der Waals surface area contributed by atoms with E-state index in [0.29, 0.717) is 0 Å². The molecule has 0 aromatic heterocycles. The molecule has 0 aliphatic carbocycles. The van der Waals surface area contributed by atoms with E-state index in [4.69, 9.17) is 9.47 Å². The Morgan fingerprint density at radius 2 is 0.818 bits per heavy atom. The molecule has 0 atom stereocenters. The lowest BCUT2D eigenvalue weighted by atomic mass is 10.2. The summed E-state index contributed by atoms with van der Waals surface area (Å²) in [5.41, 5.74) is 0. The third kappa shape index (κ3) is 5.22. The number of ether oxygens (including phenoxy) is 2. The molecule has 2 aliphatic heterocycles. The minimum Gasteiger partial charge on any atom is -0.381 e. The molecule has 2 rings (SSSR count). The molecule has 11 heavy (non-hydrogen) atoms. The van der Waals surface area contributed by atoms with Gasteiger partial charge >= 0.3 is 0 Å². The van der Waals surface area contributed by atoms with Gasteiger partial charge in [-0.3, -0.25) is 0 Å². The smallest absolute Gasteiger partial charge is 0.0466 e. The second-order valence-electron chi connectivity index (χ2n) is 2.99. The predicted octanol–water partition coefficient (Wildman–Crippen LogP) is 1.98. The van der Waals surface area contributed by atoms with E-state index in [1.807, 2.05) is 0 Å². The summed E-state index contributed by atoms with van der Waals surface area (Å²) >= 11 is 0. The van der Waals surface area contributed by atoms with E-state index in [-0.39, 0.29) is 0 Å². The first-order valence-electron chi connectivity index (χ1n) is 4.65. The van der Waals surface area contributed by atoms with E-state index < -0.39 is 0 Å². The molecule has 0 radical (unpaired) electrons. The Morgan fingerprint density at radius 3 is 1.00 bits per heavy atom. The summed E-state index contributed by atoms with van der Waals surface area (Å²) < 4.78 is 10.0. The Morgan fingerprint density at radius 1 is 0.455 bits per heavy atom. The van der Waals surface area contributed by atoms with Gasteiger partial charge in [0.05, 0.1) is 0 Å². The van der Waals surface area contributed by atoms with Crippen LogP contribution in [0.5, 0.6) is 0 Å². The Kier molecular flexibility index (Phi) is 5.42. The van der Waals surface area contributed by atoms with Gasteiger partial charge in [-0.15, -0.1) is 0 Å². The minimum atomic E-state index is 1.00. The van der Waals surface area contributed by atoms with Crippen LogP contribution in [-0.4, -0.2) is 26.4 Å². The van der Waals surface area contributed by atoms with Crippen molar-refractivity contribution >= 4 is 0 Å². The SMILES string of the molecule is C1CCOC1.C1CCOCC1. The molecule has 0 saturated carbocycles. The van der Waals surface area contributed by atoms with Gasteiger partial charge in [-0.2, -0.15) is 0 Å². The topological polar surface area (TPSA) is 18.5 Å². The molecule has 0 aromatic carbocycles. The van der Waals surface area contributed by atoms with Crippen LogP contribution in [0.3, 0.4) is 0 Å². The van der Waals surface area contributed by atoms with Crippen molar-refractivity contribution in [3.05, 3.63) is 0 Å². The van der Waals surface area contributed by atoms with Crippen LogP contribution >= 0.6 is 0 Å². The van der Waals surface area contributed by atoms with Gasteiger partial charge in [0.15, 0.2) is 0 Å². The molecule has 2 fully saturated rings. The fraction of sp³-hybridized carbons (Fsp3) is 1.00. The van der Waals surface area contributed by atoms with E-state index in [0.717, 1.165) is 26.4 Å². The molecule has 2 saturated heterocycles. The van der Waals surface area contributed by atoms with Crippen molar-refractivity contribution in [2.45, 2.75) is 32.1 Å². The standard InChI is InChI=1S/C5H10O.C4H8O/c1-2-4-6-5-3-1;1-2-4-5-3-1/h1-5H2;1-4H2. The summed E-state index contributed by atoms with van der Waals surface area (Å²) in [6.45, 7) is 4.00. The lowest BCUT2D eigenvalue weighted by molar-refractivity contribution is 0.0968. The molecule has 0 aromatic rings. The van der Waals surface area contributed by atoms with Gasteiger partial charge < -0.3 is 9.47 Å². The van der Waals surface area contributed by atoms with Crippen molar-refractivity contribution < 1.29 is 9.47 Å². The van der Waals surface area contributed by atoms with E-state index in [2.05, 4.69) is 0 Å². The molecule has 0 amide bonds. The summed E-state index contributed by atoms with van der Waals surface area (Å²) in [6.07, 6.45) is 6.49. The molecule has 2 heteroatoms. The van der Waals surface area contributed by atoms with Crippen LogP contribution in [0.1, 0.15) is 32.1 Å². The van der Waals surface area contributed by atoms with Crippen LogP contribution < -0.4 is 0 Å². The van der Waals surface area contributed by atoms with Crippen molar-refractivity contribution in [2.24, 2.45) is 0 Å². The van der Waals surface area contributed by atoms with Crippen LogP contribution in [0.4, 0.5) is 0 Å². The highest BCUT2D eigenvalue weighted by Gasteiger charge is 1.95. The quantitative estimate of drug-likeness (QED) is 0.536. The zero-order chi connectivity index (χ0) is 7.78. The second-order valence-corrected chi connectivity index (χ2v) is 2.99. The van der Waals surface area contributed by atoms with Crippen molar-refractivity contribution in [1.29, 1.82) is 0 Å². The summed E-state index contributed by atoms with van der Waals surface area (Å²) in [5, 5.41) is 0. The Labute approximate surface area is 68.9 Å². The Hall–Kier alpha value is -0.0800. The normalized spacial score (nSPS) is 24.0. The first-order valence-corrected chi connectivity index (χ1v) is 4.65. The van der Waals surface area contributed by atoms with E-state index in [1.165, 1.54) is 32.1 Å². The van der Waals surface area contributed by atoms with Crippen LogP contribution in [0, 0.1) is 0 Å². The van der Waals surface area contributed by atoms with Gasteiger partial charge in [0.25, 0.3) is 0 Å². The second kappa shape index (κ2) is 6.62. The molecule has 0 spiro atoms. The molecule has 0 bridgehead atoms. The summed E-state index contributed by atoms with van der Waals surface area (Å²) in [4.78, 5) is 0. The third-order valence-electron chi connectivity index (χ3n) is 1.90. The lowest BCUT2D eigenvalue weighted by Gasteiger charge is -2.08. The van der Waals surface area contributed by atoms with Crippen LogP contribution in [0.25, 0.3) is 0 Å². The molecule has 66 valence electrons. The minimum absolute atomic E-state index is 1.00. The first kappa shape index (κ1) is 9.01. The highest BCUT2D eigenvalue weighted by molar-refractivity contribution is 4.45. The van der Waals surface area contributed by atoms with Gasteiger partial charge in [0.1, 0.15) is 0 Å². The Balaban J connectivity index is 0.000000112. The number of rotatable bonds is 0. The maximum absolute atomic E-state index is 5.07. The van der Waals surface area contributed by atoms with Crippen molar-refractivity contribution in [1.82, 2.24) is 0 Å². The first-order chi connectivity index (χ1) is 5.50. The molecular weight excluding hydrogens is 140 g/mol. The fourth-order valence-corrected chi connectivity index (χ4v) is 1.20. The zero-order valence-electron chi connectivity index (χ0n) is 7.18. The van der Waals surface area contributed by atoms with Gasteiger partial charge in [-0.05, 0) is 32.1 Å². The summed E-state index contributed by atoms with van der Waals surface area (Å²) in [5.74, 6) is 0. The third-order valence-corrected chi connectivity index (χ3v) is 1.90. The Bertz CT molecular complexity index is 56.5. The van der Waals surface area contributed by atoms with Crippen molar-refractivity contribution in [2.75, 3.05) is 26.4 Å². The molecule has 0 N–H and O–H groups in total. The largest absolute Gasteiger partial charge is 0.381 e. The highest BCUT2D eigenvalue weighted by Crippen LogP contribution is 2.02. The molecule has 2 heterocycles.